The number of methoxy groups -OCH3 is 1. The van der Waals surface area contributed by atoms with Gasteiger partial charge in [0.25, 0.3) is 0 Å². The summed E-state index contributed by atoms with van der Waals surface area (Å²) in [5, 5.41) is 9.70. The lowest BCUT2D eigenvalue weighted by Gasteiger charge is -2.33. The monoisotopic (exact) mass is 396 g/mol. The fourth-order valence-corrected chi connectivity index (χ4v) is 3.86. The number of piperidine rings is 2. The molecule has 0 aromatic heterocycles. The van der Waals surface area contributed by atoms with Gasteiger partial charge >= 0.3 is 0 Å². The van der Waals surface area contributed by atoms with E-state index >= 15 is 0 Å². The topological polar surface area (TPSA) is 81.2 Å². The van der Waals surface area contributed by atoms with Crippen molar-refractivity contribution in [3.63, 3.8) is 0 Å². The van der Waals surface area contributed by atoms with Gasteiger partial charge in [-0.15, -0.1) is 0 Å². The molecule has 8 nitrogen and oxygen atoms in total. The van der Waals surface area contributed by atoms with Crippen LogP contribution in [0.4, 0.5) is 0 Å². The molecule has 2 heterocycles. The Morgan fingerprint density at radius 1 is 1.11 bits per heavy atom. The number of guanidine groups is 1. The van der Waals surface area contributed by atoms with Crippen molar-refractivity contribution in [2.75, 3.05) is 73.1 Å². The number of likely N-dealkylation sites (N-methyl/N-ethyl adjacent to an activating group) is 1. The molecule has 8 heteroatoms. The molecule has 28 heavy (non-hydrogen) atoms. The van der Waals surface area contributed by atoms with Crippen LogP contribution in [0, 0.1) is 5.92 Å². The number of likely N-dealkylation sites (tertiary alicyclic amines) is 2. The largest absolute Gasteiger partial charge is 0.383 e. The number of nitrogens with zero attached hydrogens (tertiary/aromatic N) is 3. The van der Waals surface area contributed by atoms with Crippen LogP contribution in [0.25, 0.3) is 0 Å². The molecule has 0 bridgehead atoms. The van der Waals surface area contributed by atoms with Crippen molar-refractivity contribution in [3.8, 4) is 0 Å². The van der Waals surface area contributed by atoms with E-state index < -0.39 is 0 Å². The zero-order chi connectivity index (χ0) is 20.2. The van der Waals surface area contributed by atoms with Gasteiger partial charge in [-0.25, -0.2) is 0 Å². The molecule has 2 fully saturated rings. The predicted octanol–water partition coefficient (Wildman–Crippen LogP) is 0.110. The minimum Gasteiger partial charge on any atom is -0.383 e. The maximum atomic E-state index is 11.5. The van der Waals surface area contributed by atoms with Gasteiger partial charge in [0, 0.05) is 52.9 Å². The fourth-order valence-electron chi connectivity index (χ4n) is 3.86. The highest BCUT2D eigenvalue weighted by atomic mass is 16.5. The molecular weight excluding hydrogens is 356 g/mol. The highest BCUT2D eigenvalue weighted by Gasteiger charge is 2.22. The van der Waals surface area contributed by atoms with Crippen LogP contribution in [0.15, 0.2) is 4.99 Å². The molecular formula is C20H40N6O2. The molecule has 0 atom stereocenters. The number of aliphatic imine (C=N–C) groups is 1. The maximum Gasteiger partial charge on any atom is 0.233 e. The van der Waals surface area contributed by atoms with Crippen molar-refractivity contribution in [2.45, 2.75) is 38.6 Å². The normalized spacial score (nSPS) is 20.9. The minimum atomic E-state index is 0.0922. The summed E-state index contributed by atoms with van der Waals surface area (Å²) < 4.78 is 5.18. The second-order valence-electron chi connectivity index (χ2n) is 7.87. The summed E-state index contributed by atoms with van der Waals surface area (Å²) in [6, 6.07) is 0.426. The van der Waals surface area contributed by atoms with Gasteiger partial charge in [-0.1, -0.05) is 0 Å². The molecule has 0 aromatic rings. The second-order valence-corrected chi connectivity index (χ2v) is 7.87. The molecule has 2 aliphatic rings. The first-order valence-corrected chi connectivity index (χ1v) is 10.8. The average molecular weight is 397 g/mol. The molecule has 0 unspecified atom stereocenters. The van der Waals surface area contributed by atoms with Gasteiger partial charge in [-0.05, 0) is 51.6 Å². The number of nitrogens with one attached hydrogen (secondary N) is 3. The zero-order valence-electron chi connectivity index (χ0n) is 18.0. The molecule has 2 saturated heterocycles. The van der Waals surface area contributed by atoms with Gasteiger partial charge in [0.15, 0.2) is 5.96 Å². The molecule has 0 spiro atoms. The molecule has 0 aromatic carbocycles. The SMILES string of the molecule is CCNC(=NCC1CCN(CCOC)CC1)NC1CCN(CC(=O)NC)CC1. The van der Waals surface area contributed by atoms with Gasteiger partial charge in [-0.2, -0.15) is 0 Å². The number of carbonyl (C=O) groups is 1. The third-order valence-corrected chi connectivity index (χ3v) is 5.75. The number of hydrogen-bond donors (Lipinski definition) is 3. The van der Waals surface area contributed by atoms with E-state index in [1.54, 1.807) is 14.2 Å². The van der Waals surface area contributed by atoms with Crippen LogP contribution in [0.3, 0.4) is 0 Å². The summed E-state index contributed by atoms with van der Waals surface area (Å²) in [5.74, 6) is 1.70. The van der Waals surface area contributed by atoms with E-state index in [0.717, 1.165) is 71.2 Å². The fraction of sp³-hybridized carbons (Fsp3) is 0.900. The number of rotatable bonds is 9. The van der Waals surface area contributed by atoms with Crippen molar-refractivity contribution in [2.24, 2.45) is 10.9 Å². The van der Waals surface area contributed by atoms with Crippen LogP contribution in [0.5, 0.6) is 0 Å². The van der Waals surface area contributed by atoms with Crippen LogP contribution in [0.1, 0.15) is 32.6 Å². The molecule has 1 amide bonds. The van der Waals surface area contributed by atoms with Crippen LogP contribution in [0.2, 0.25) is 0 Å². The molecule has 0 aliphatic carbocycles. The number of amides is 1. The molecule has 2 aliphatic heterocycles. The molecule has 0 radical (unpaired) electrons. The Balaban J connectivity index is 1.72. The highest BCUT2D eigenvalue weighted by Crippen LogP contribution is 2.17. The lowest BCUT2D eigenvalue weighted by molar-refractivity contribution is -0.122. The van der Waals surface area contributed by atoms with Gasteiger partial charge in [0.2, 0.25) is 5.91 Å². The summed E-state index contributed by atoms with van der Waals surface area (Å²) in [4.78, 5) is 21.1. The Kier molecular flexibility index (Phi) is 10.6. The molecule has 3 N–H and O–H groups in total. The lowest BCUT2D eigenvalue weighted by Crippen LogP contribution is -2.50. The standard InChI is InChI=1S/C20H40N6O2/c1-4-22-20(23-15-17-5-9-25(10-6-17)13-14-28-3)24-18-7-11-26(12-8-18)16-19(27)21-2/h17-18H,4-16H2,1-3H3,(H,21,27)(H2,22,23,24). The third-order valence-electron chi connectivity index (χ3n) is 5.75. The van der Waals surface area contributed by atoms with E-state index in [1.807, 2.05) is 0 Å². The van der Waals surface area contributed by atoms with E-state index in [1.165, 1.54) is 12.8 Å². The predicted molar refractivity (Wildman–Crippen MR) is 114 cm³/mol. The summed E-state index contributed by atoms with van der Waals surface area (Å²) in [6.07, 6.45) is 4.51. The van der Waals surface area contributed by atoms with Crippen LogP contribution in [-0.4, -0.2) is 101 Å². The van der Waals surface area contributed by atoms with E-state index in [-0.39, 0.29) is 5.91 Å². The van der Waals surface area contributed by atoms with Gasteiger partial charge < -0.3 is 25.6 Å². The smallest absolute Gasteiger partial charge is 0.233 e. The van der Waals surface area contributed by atoms with Crippen LogP contribution >= 0.6 is 0 Å². The minimum absolute atomic E-state index is 0.0922. The van der Waals surface area contributed by atoms with E-state index in [2.05, 4.69) is 32.7 Å². The Morgan fingerprint density at radius 3 is 2.39 bits per heavy atom. The highest BCUT2D eigenvalue weighted by molar-refractivity contribution is 5.80. The van der Waals surface area contributed by atoms with Crippen molar-refractivity contribution < 1.29 is 9.53 Å². The number of carbonyl (C=O) groups excluding carboxylic acids is 1. The third kappa shape index (κ3) is 8.32. The lowest BCUT2D eigenvalue weighted by atomic mass is 9.97. The Morgan fingerprint density at radius 2 is 1.79 bits per heavy atom. The quantitative estimate of drug-likeness (QED) is 0.379. The molecule has 2 rings (SSSR count). The first-order chi connectivity index (χ1) is 13.6. The van der Waals surface area contributed by atoms with Crippen molar-refractivity contribution in [1.82, 2.24) is 25.8 Å². The van der Waals surface area contributed by atoms with Crippen LogP contribution < -0.4 is 16.0 Å². The first kappa shape index (κ1) is 22.9. The van der Waals surface area contributed by atoms with Crippen LogP contribution in [-0.2, 0) is 9.53 Å². The van der Waals surface area contributed by atoms with Crippen molar-refractivity contribution >= 4 is 11.9 Å². The molecule has 0 saturated carbocycles. The van der Waals surface area contributed by atoms with Crippen molar-refractivity contribution in [3.05, 3.63) is 0 Å². The van der Waals surface area contributed by atoms with Gasteiger partial charge in [0.05, 0.1) is 13.2 Å². The van der Waals surface area contributed by atoms with E-state index in [9.17, 15) is 4.79 Å². The number of hydrogen-bond acceptors (Lipinski definition) is 5. The van der Waals surface area contributed by atoms with E-state index in [4.69, 9.17) is 9.73 Å². The summed E-state index contributed by atoms with van der Waals surface area (Å²) in [6.45, 7) is 10.4. The Labute approximate surface area is 170 Å². The van der Waals surface area contributed by atoms with Gasteiger partial charge in [-0.3, -0.25) is 14.7 Å². The van der Waals surface area contributed by atoms with Crippen molar-refractivity contribution in [1.29, 1.82) is 0 Å². The Bertz CT molecular complexity index is 471. The Hall–Kier alpha value is -1.38. The first-order valence-electron chi connectivity index (χ1n) is 10.8. The summed E-state index contributed by atoms with van der Waals surface area (Å²) in [5.41, 5.74) is 0. The van der Waals surface area contributed by atoms with E-state index in [0.29, 0.717) is 18.5 Å². The van der Waals surface area contributed by atoms with Gasteiger partial charge in [0.1, 0.15) is 0 Å². The molecule has 162 valence electrons. The summed E-state index contributed by atoms with van der Waals surface area (Å²) >= 11 is 0. The average Bonchev–Trinajstić information content (AvgIpc) is 2.72. The maximum absolute atomic E-state index is 11.5. The second kappa shape index (κ2) is 13.0. The summed E-state index contributed by atoms with van der Waals surface area (Å²) in [7, 11) is 3.46. The zero-order valence-corrected chi connectivity index (χ0v) is 18.0. The number of ether oxygens (including phenoxy) is 1.